The van der Waals surface area contributed by atoms with Crippen LogP contribution in [0.2, 0.25) is 0 Å². The molecule has 0 aliphatic carbocycles. The van der Waals surface area contributed by atoms with Crippen LogP contribution in [0.1, 0.15) is 17.0 Å². The van der Waals surface area contributed by atoms with Crippen molar-refractivity contribution in [1.29, 1.82) is 0 Å². The Hall–Kier alpha value is -4.25. The van der Waals surface area contributed by atoms with Gasteiger partial charge in [0.1, 0.15) is 17.9 Å². The maximum Gasteiger partial charge on any atom is 0.232 e. The molecule has 10 nitrogen and oxygen atoms in total. The second kappa shape index (κ2) is 9.32. The van der Waals surface area contributed by atoms with Crippen LogP contribution in [-0.4, -0.2) is 48.6 Å². The number of rotatable bonds is 8. The molecule has 37 heavy (non-hydrogen) atoms. The summed E-state index contributed by atoms with van der Waals surface area (Å²) in [6.07, 6.45) is 4.42. The van der Waals surface area contributed by atoms with Crippen molar-refractivity contribution in [3.8, 4) is 17.4 Å². The number of methoxy groups -OCH3 is 1. The predicted octanol–water partition coefficient (Wildman–Crippen LogP) is 4.22. The van der Waals surface area contributed by atoms with Gasteiger partial charge in [-0.1, -0.05) is 17.3 Å². The number of aromatic nitrogens is 3. The molecule has 0 saturated carbocycles. The summed E-state index contributed by atoms with van der Waals surface area (Å²) in [6.45, 7) is 2.19. The van der Waals surface area contributed by atoms with Gasteiger partial charge in [-0.25, -0.2) is 8.42 Å². The first-order valence-corrected chi connectivity index (χ1v) is 13.3. The van der Waals surface area contributed by atoms with Crippen LogP contribution in [0.4, 0.5) is 5.69 Å². The minimum Gasteiger partial charge on any atom is -0.497 e. The fraction of sp³-hybridized carbons (Fsp3) is 0.231. The Bertz CT molecular complexity index is 1710. The lowest BCUT2D eigenvalue weighted by Gasteiger charge is -2.21. The average molecular weight is 523 g/mol. The van der Waals surface area contributed by atoms with E-state index in [9.17, 15) is 13.5 Å². The van der Waals surface area contributed by atoms with E-state index < -0.39 is 10.0 Å². The molecule has 0 bridgehead atoms. The summed E-state index contributed by atoms with van der Waals surface area (Å²) >= 11 is 0. The number of hydrogen-bond acceptors (Lipinski definition) is 8. The maximum absolute atomic E-state index is 12.6. The van der Waals surface area contributed by atoms with Gasteiger partial charge in [-0.05, 0) is 36.8 Å². The monoisotopic (exact) mass is 522 g/mol. The largest absolute Gasteiger partial charge is 0.497 e. The highest BCUT2D eigenvalue weighted by Crippen LogP contribution is 2.47. The van der Waals surface area contributed by atoms with Crippen molar-refractivity contribution in [3.05, 3.63) is 71.9 Å². The van der Waals surface area contributed by atoms with E-state index in [1.54, 1.807) is 42.3 Å². The van der Waals surface area contributed by atoms with Crippen LogP contribution < -0.4 is 13.8 Å². The van der Waals surface area contributed by atoms with E-state index in [-0.39, 0.29) is 19.0 Å². The Balaban J connectivity index is 1.73. The number of nitrogens with zero attached hydrogens (tertiary/aromatic N) is 4. The third kappa shape index (κ3) is 4.53. The number of fused-ring (bicyclic) bond motifs is 2. The van der Waals surface area contributed by atoms with Crippen LogP contribution in [0.15, 0.2) is 59.4 Å². The zero-order chi connectivity index (χ0) is 26.3. The molecule has 11 heteroatoms. The lowest BCUT2D eigenvalue weighted by molar-refractivity contribution is 0.311. The summed E-state index contributed by atoms with van der Waals surface area (Å²) < 4.78 is 44.9. The molecular weight excluding hydrogens is 496 g/mol. The number of hydrogen-bond donors (Lipinski definition) is 1. The topological polar surface area (TPSA) is 120 Å². The first kappa shape index (κ1) is 24.4. The molecule has 0 unspecified atom stereocenters. The van der Waals surface area contributed by atoms with E-state index in [0.717, 1.165) is 17.6 Å². The Morgan fingerprint density at radius 1 is 1.16 bits per heavy atom. The van der Waals surface area contributed by atoms with Gasteiger partial charge in [-0.15, -0.1) is 0 Å². The Labute approximate surface area is 213 Å². The standard InChI is InChI=1S/C26H26N4O6S/c1-16-12-19(36-28-16)13-30-14-21-22(26(30)31)25(35-15-17-7-9-18(34-3)10-8-17)23-20(6-5-11-27-23)24(21)29(2)37(4,32)33/h5-12,14,31H,13,15H2,1-4H3. The molecule has 5 rings (SSSR count). The van der Waals surface area contributed by atoms with Crippen molar-refractivity contribution < 1.29 is 27.5 Å². The highest BCUT2D eigenvalue weighted by Gasteiger charge is 2.27. The molecule has 0 saturated heterocycles. The third-order valence-electron chi connectivity index (χ3n) is 6.17. The number of aromatic hydroxyl groups is 1. The normalized spacial score (nSPS) is 11.8. The van der Waals surface area contributed by atoms with Crippen LogP contribution >= 0.6 is 0 Å². The van der Waals surface area contributed by atoms with Crippen molar-refractivity contribution >= 4 is 37.4 Å². The lowest BCUT2D eigenvalue weighted by atomic mass is 10.1. The van der Waals surface area contributed by atoms with E-state index >= 15 is 0 Å². The number of ether oxygens (including phenoxy) is 2. The van der Waals surface area contributed by atoms with E-state index in [2.05, 4.69) is 10.1 Å². The molecule has 0 radical (unpaired) electrons. The van der Waals surface area contributed by atoms with Crippen molar-refractivity contribution in [2.24, 2.45) is 0 Å². The summed E-state index contributed by atoms with van der Waals surface area (Å²) in [5.74, 6) is 1.50. The molecule has 3 aromatic heterocycles. The summed E-state index contributed by atoms with van der Waals surface area (Å²) in [5.41, 5.74) is 2.41. The molecule has 1 N–H and O–H groups in total. The Morgan fingerprint density at radius 2 is 1.92 bits per heavy atom. The van der Waals surface area contributed by atoms with Gasteiger partial charge < -0.3 is 23.7 Å². The summed E-state index contributed by atoms with van der Waals surface area (Å²) in [7, 11) is -0.565. The highest BCUT2D eigenvalue weighted by atomic mass is 32.2. The van der Waals surface area contributed by atoms with Crippen molar-refractivity contribution in [2.45, 2.75) is 20.1 Å². The fourth-order valence-electron chi connectivity index (χ4n) is 4.29. The number of anilines is 1. The van der Waals surface area contributed by atoms with Crippen molar-refractivity contribution in [2.75, 3.05) is 24.7 Å². The molecule has 0 atom stereocenters. The molecular formula is C26H26N4O6S. The second-order valence-corrected chi connectivity index (χ2v) is 10.8. The van der Waals surface area contributed by atoms with Gasteiger partial charge in [0.05, 0.1) is 36.7 Å². The zero-order valence-electron chi connectivity index (χ0n) is 20.8. The van der Waals surface area contributed by atoms with Crippen LogP contribution in [0, 0.1) is 6.92 Å². The predicted molar refractivity (Wildman–Crippen MR) is 140 cm³/mol. The summed E-state index contributed by atoms with van der Waals surface area (Å²) in [6, 6.07) is 12.7. The molecule has 5 aromatic rings. The van der Waals surface area contributed by atoms with Gasteiger partial charge in [0.25, 0.3) is 0 Å². The first-order chi connectivity index (χ1) is 17.7. The molecule has 0 aliphatic rings. The van der Waals surface area contributed by atoms with Gasteiger partial charge >= 0.3 is 0 Å². The van der Waals surface area contributed by atoms with Gasteiger partial charge in [0.2, 0.25) is 15.9 Å². The molecule has 192 valence electrons. The van der Waals surface area contributed by atoms with Gasteiger partial charge in [0.15, 0.2) is 11.5 Å². The summed E-state index contributed by atoms with van der Waals surface area (Å²) in [5, 5.41) is 16.7. The number of sulfonamides is 1. The Morgan fingerprint density at radius 3 is 2.57 bits per heavy atom. The Kier molecular flexibility index (Phi) is 6.16. The quantitative estimate of drug-likeness (QED) is 0.322. The van der Waals surface area contributed by atoms with Gasteiger partial charge in [-0.3, -0.25) is 9.29 Å². The van der Waals surface area contributed by atoms with Gasteiger partial charge in [0, 0.05) is 36.3 Å². The third-order valence-corrected chi connectivity index (χ3v) is 7.35. The van der Waals surface area contributed by atoms with Gasteiger partial charge in [-0.2, -0.15) is 0 Å². The average Bonchev–Trinajstić information content (AvgIpc) is 3.43. The van der Waals surface area contributed by atoms with Crippen molar-refractivity contribution in [3.63, 3.8) is 0 Å². The minimum absolute atomic E-state index is 0.107. The molecule has 0 fully saturated rings. The lowest BCUT2D eigenvalue weighted by Crippen LogP contribution is -2.25. The van der Waals surface area contributed by atoms with Crippen LogP contribution in [-0.2, 0) is 23.2 Å². The molecule has 0 aliphatic heterocycles. The zero-order valence-corrected chi connectivity index (χ0v) is 21.6. The maximum atomic E-state index is 12.6. The van der Waals surface area contributed by atoms with E-state index in [0.29, 0.717) is 44.6 Å². The van der Waals surface area contributed by atoms with E-state index in [4.69, 9.17) is 14.0 Å². The fourth-order valence-corrected chi connectivity index (χ4v) is 4.82. The van der Waals surface area contributed by atoms with Crippen LogP contribution in [0.3, 0.4) is 0 Å². The summed E-state index contributed by atoms with van der Waals surface area (Å²) in [4.78, 5) is 4.52. The number of aryl methyl sites for hydroxylation is 1. The van der Waals surface area contributed by atoms with E-state index in [1.165, 1.54) is 11.4 Å². The second-order valence-electron chi connectivity index (χ2n) is 8.75. The first-order valence-electron chi connectivity index (χ1n) is 11.4. The smallest absolute Gasteiger partial charge is 0.232 e. The van der Waals surface area contributed by atoms with Crippen molar-refractivity contribution in [1.82, 2.24) is 14.7 Å². The number of benzene rings is 2. The molecule has 0 amide bonds. The number of pyridine rings is 1. The van der Waals surface area contributed by atoms with Crippen LogP contribution in [0.5, 0.6) is 17.4 Å². The highest BCUT2D eigenvalue weighted by molar-refractivity contribution is 7.92. The SMILES string of the molecule is COc1ccc(COc2c3ncccc3c(N(C)S(C)(=O)=O)c3cn(Cc4cc(C)no4)c(O)c23)cc1. The van der Waals surface area contributed by atoms with Crippen LogP contribution in [0.25, 0.3) is 21.7 Å². The van der Waals surface area contributed by atoms with E-state index in [1.807, 2.05) is 31.2 Å². The molecule has 2 aromatic carbocycles. The molecule has 0 spiro atoms. The minimum atomic E-state index is -3.64. The molecule has 3 heterocycles.